The van der Waals surface area contributed by atoms with Crippen LogP contribution >= 0.6 is 0 Å². The van der Waals surface area contributed by atoms with Crippen molar-refractivity contribution in [3.05, 3.63) is 0 Å². The molecule has 1 fully saturated rings. The highest BCUT2D eigenvalue weighted by Gasteiger charge is 2.16. The van der Waals surface area contributed by atoms with Crippen LogP contribution in [0.1, 0.15) is 26.2 Å². The first-order chi connectivity index (χ1) is 7.76. The zero-order chi connectivity index (χ0) is 11.8. The maximum Gasteiger partial charge on any atom is 0.190 e. The molecule has 0 radical (unpaired) electrons. The van der Waals surface area contributed by atoms with E-state index in [1.165, 1.54) is 25.9 Å². The monoisotopic (exact) mass is 226 g/mol. The van der Waals surface area contributed by atoms with Gasteiger partial charge in [0.25, 0.3) is 0 Å². The van der Waals surface area contributed by atoms with Crippen molar-refractivity contribution in [2.75, 3.05) is 40.3 Å². The molecule has 0 amide bonds. The van der Waals surface area contributed by atoms with Gasteiger partial charge in [-0.15, -0.1) is 0 Å². The Labute approximate surface area is 99.5 Å². The van der Waals surface area contributed by atoms with Gasteiger partial charge in [0.1, 0.15) is 0 Å². The summed E-state index contributed by atoms with van der Waals surface area (Å²) in [7, 11) is 4.03. The number of hydrogen-bond donors (Lipinski definition) is 2. The van der Waals surface area contributed by atoms with Gasteiger partial charge >= 0.3 is 0 Å². The highest BCUT2D eigenvalue weighted by molar-refractivity contribution is 5.79. The fourth-order valence-corrected chi connectivity index (χ4v) is 1.97. The van der Waals surface area contributed by atoms with Gasteiger partial charge in [-0.2, -0.15) is 0 Å². The molecule has 0 atom stereocenters. The molecule has 1 saturated heterocycles. The van der Waals surface area contributed by atoms with Gasteiger partial charge in [-0.25, -0.2) is 0 Å². The van der Waals surface area contributed by atoms with E-state index in [-0.39, 0.29) is 0 Å². The average Bonchev–Trinajstić information content (AvgIpc) is 2.32. The summed E-state index contributed by atoms with van der Waals surface area (Å²) in [5.74, 6) is 1.75. The third kappa shape index (κ3) is 4.84. The van der Waals surface area contributed by atoms with Crippen molar-refractivity contribution in [2.45, 2.75) is 26.2 Å². The Morgan fingerprint density at radius 2 is 2.00 bits per heavy atom. The number of hydrogen-bond acceptors (Lipinski definition) is 2. The van der Waals surface area contributed by atoms with Gasteiger partial charge in [0.15, 0.2) is 5.96 Å². The van der Waals surface area contributed by atoms with Crippen LogP contribution in [0.25, 0.3) is 0 Å². The van der Waals surface area contributed by atoms with Gasteiger partial charge in [-0.1, -0.05) is 6.92 Å². The minimum atomic E-state index is 0.802. The summed E-state index contributed by atoms with van der Waals surface area (Å²) in [5, 5.41) is 6.71. The van der Waals surface area contributed by atoms with Crippen LogP contribution in [0.2, 0.25) is 0 Å². The minimum Gasteiger partial charge on any atom is -0.356 e. The maximum absolute atomic E-state index is 4.21. The molecular formula is C12H26N4. The zero-order valence-electron chi connectivity index (χ0n) is 10.9. The lowest BCUT2D eigenvalue weighted by atomic mass is 9.97. The van der Waals surface area contributed by atoms with E-state index in [1.807, 2.05) is 7.05 Å². The van der Waals surface area contributed by atoms with Crippen molar-refractivity contribution >= 4 is 5.96 Å². The molecule has 16 heavy (non-hydrogen) atoms. The van der Waals surface area contributed by atoms with E-state index in [4.69, 9.17) is 0 Å². The molecule has 0 aromatic carbocycles. The average molecular weight is 226 g/mol. The summed E-state index contributed by atoms with van der Waals surface area (Å²) in [5.41, 5.74) is 0. The Bertz CT molecular complexity index is 207. The van der Waals surface area contributed by atoms with E-state index in [2.05, 4.69) is 34.5 Å². The smallest absolute Gasteiger partial charge is 0.190 e. The highest BCUT2D eigenvalue weighted by atomic mass is 15.2. The Morgan fingerprint density at radius 1 is 1.31 bits per heavy atom. The van der Waals surface area contributed by atoms with Gasteiger partial charge in [0.05, 0.1) is 0 Å². The molecule has 0 unspecified atom stereocenters. The molecule has 2 N–H and O–H groups in total. The number of aliphatic imine (C=N–C) groups is 1. The topological polar surface area (TPSA) is 39.7 Å². The van der Waals surface area contributed by atoms with Crippen molar-refractivity contribution in [2.24, 2.45) is 10.9 Å². The Hall–Kier alpha value is -0.770. The summed E-state index contributed by atoms with van der Waals surface area (Å²) in [6.07, 6.45) is 3.73. The van der Waals surface area contributed by atoms with E-state index in [0.717, 1.165) is 31.4 Å². The Kier molecular flexibility index (Phi) is 6.23. The van der Waals surface area contributed by atoms with E-state index < -0.39 is 0 Å². The molecule has 1 heterocycles. The third-order valence-electron chi connectivity index (χ3n) is 3.16. The molecule has 0 aromatic heterocycles. The fraction of sp³-hybridized carbons (Fsp3) is 0.917. The molecule has 1 aliphatic rings. The Balaban J connectivity index is 2.17. The molecule has 0 saturated carbocycles. The first-order valence-electron chi connectivity index (χ1n) is 6.39. The van der Waals surface area contributed by atoms with Crippen LogP contribution in [-0.2, 0) is 0 Å². The van der Waals surface area contributed by atoms with Crippen LogP contribution in [0.15, 0.2) is 4.99 Å². The van der Waals surface area contributed by atoms with E-state index in [0.29, 0.717) is 0 Å². The first kappa shape index (κ1) is 13.3. The van der Waals surface area contributed by atoms with Crippen LogP contribution in [-0.4, -0.2) is 51.1 Å². The molecule has 94 valence electrons. The minimum absolute atomic E-state index is 0.802. The lowest BCUT2D eigenvalue weighted by Gasteiger charge is -2.29. The highest BCUT2D eigenvalue weighted by Crippen LogP contribution is 2.14. The lowest BCUT2D eigenvalue weighted by Crippen LogP contribution is -2.42. The summed E-state index contributed by atoms with van der Waals surface area (Å²) in [6.45, 7) is 6.67. The van der Waals surface area contributed by atoms with Crippen molar-refractivity contribution in [1.82, 2.24) is 15.5 Å². The molecular weight excluding hydrogens is 200 g/mol. The lowest BCUT2D eigenvalue weighted by molar-refractivity contribution is 0.220. The molecule has 1 rings (SSSR count). The second-order valence-corrected chi connectivity index (χ2v) is 4.63. The van der Waals surface area contributed by atoms with Crippen LogP contribution in [0.5, 0.6) is 0 Å². The quantitative estimate of drug-likeness (QED) is 0.553. The first-order valence-corrected chi connectivity index (χ1v) is 6.39. The van der Waals surface area contributed by atoms with E-state index in [9.17, 15) is 0 Å². The van der Waals surface area contributed by atoms with Gasteiger partial charge in [-0.05, 0) is 45.3 Å². The fourth-order valence-electron chi connectivity index (χ4n) is 1.97. The molecule has 0 aromatic rings. The number of nitrogens with one attached hydrogen (secondary N) is 2. The predicted molar refractivity (Wildman–Crippen MR) is 69.9 cm³/mol. The SMILES string of the molecule is CCCNC(=NC)NCC1CCN(C)CC1. The maximum atomic E-state index is 4.21. The summed E-state index contributed by atoms with van der Waals surface area (Å²) >= 11 is 0. The second-order valence-electron chi connectivity index (χ2n) is 4.63. The van der Waals surface area contributed by atoms with Crippen LogP contribution in [0.4, 0.5) is 0 Å². The molecule has 0 bridgehead atoms. The molecule has 1 aliphatic heterocycles. The van der Waals surface area contributed by atoms with Crippen LogP contribution in [0, 0.1) is 5.92 Å². The van der Waals surface area contributed by atoms with Crippen LogP contribution < -0.4 is 10.6 Å². The number of likely N-dealkylation sites (tertiary alicyclic amines) is 1. The zero-order valence-corrected chi connectivity index (χ0v) is 10.9. The van der Waals surface area contributed by atoms with Crippen molar-refractivity contribution < 1.29 is 0 Å². The molecule has 4 nitrogen and oxygen atoms in total. The van der Waals surface area contributed by atoms with Gasteiger partial charge < -0.3 is 15.5 Å². The predicted octanol–water partition coefficient (Wildman–Crippen LogP) is 0.903. The van der Waals surface area contributed by atoms with E-state index in [1.54, 1.807) is 0 Å². The number of guanidine groups is 1. The van der Waals surface area contributed by atoms with Crippen LogP contribution in [0.3, 0.4) is 0 Å². The van der Waals surface area contributed by atoms with Gasteiger partial charge in [-0.3, -0.25) is 4.99 Å². The molecule has 4 heteroatoms. The second kappa shape index (κ2) is 7.49. The van der Waals surface area contributed by atoms with Crippen molar-refractivity contribution in [3.8, 4) is 0 Å². The van der Waals surface area contributed by atoms with Gasteiger partial charge in [0.2, 0.25) is 0 Å². The Morgan fingerprint density at radius 3 is 2.56 bits per heavy atom. The molecule has 0 spiro atoms. The standard InChI is InChI=1S/C12H26N4/c1-4-7-14-12(13-2)15-10-11-5-8-16(3)9-6-11/h11H,4-10H2,1-3H3,(H2,13,14,15). The number of piperidine rings is 1. The summed E-state index contributed by atoms with van der Waals surface area (Å²) < 4.78 is 0. The largest absolute Gasteiger partial charge is 0.356 e. The van der Waals surface area contributed by atoms with Gasteiger partial charge in [0, 0.05) is 20.1 Å². The summed E-state index contributed by atoms with van der Waals surface area (Å²) in [4.78, 5) is 6.61. The third-order valence-corrected chi connectivity index (χ3v) is 3.16. The van der Waals surface area contributed by atoms with Crippen molar-refractivity contribution in [1.29, 1.82) is 0 Å². The van der Waals surface area contributed by atoms with Crippen molar-refractivity contribution in [3.63, 3.8) is 0 Å². The van der Waals surface area contributed by atoms with E-state index >= 15 is 0 Å². The number of rotatable bonds is 4. The molecule has 0 aliphatic carbocycles. The number of nitrogens with zero attached hydrogens (tertiary/aromatic N) is 2. The normalized spacial score (nSPS) is 19.8. The summed E-state index contributed by atoms with van der Waals surface area (Å²) in [6, 6.07) is 0.